The molecule has 12 heteroatoms. The predicted molar refractivity (Wildman–Crippen MR) is 136 cm³/mol. The van der Waals surface area contributed by atoms with Crippen LogP contribution >= 0.6 is 0 Å². The molecule has 2 aromatic rings. The third kappa shape index (κ3) is 3.47. The predicted octanol–water partition coefficient (Wildman–Crippen LogP) is 2.38. The summed E-state index contributed by atoms with van der Waals surface area (Å²) >= 11 is 0. The van der Waals surface area contributed by atoms with Crippen molar-refractivity contribution >= 4 is 44.6 Å². The van der Waals surface area contributed by atoms with Gasteiger partial charge in [0.05, 0.1) is 10.3 Å². The molecule has 1 N–H and O–H groups in total. The van der Waals surface area contributed by atoms with Gasteiger partial charge in [-0.15, -0.1) is 0 Å². The summed E-state index contributed by atoms with van der Waals surface area (Å²) in [4.78, 5) is 52.4. The van der Waals surface area contributed by atoms with Gasteiger partial charge < -0.3 is 18.9 Å². The number of carbonyl (C=O) groups excluding carboxylic acids is 4. The van der Waals surface area contributed by atoms with Crippen molar-refractivity contribution in [1.29, 1.82) is 0 Å². The van der Waals surface area contributed by atoms with E-state index in [4.69, 9.17) is 18.9 Å². The van der Waals surface area contributed by atoms with Gasteiger partial charge in [-0.2, -0.15) is 8.42 Å². The Labute approximate surface area is 234 Å². The Morgan fingerprint density at radius 1 is 0.927 bits per heavy atom. The molecule has 214 valence electrons. The van der Waals surface area contributed by atoms with Crippen LogP contribution in [0.3, 0.4) is 0 Å². The molecule has 7 atom stereocenters. The molecule has 41 heavy (non-hydrogen) atoms. The first-order chi connectivity index (χ1) is 19.5. The van der Waals surface area contributed by atoms with Gasteiger partial charge in [-0.25, -0.2) is 0 Å². The summed E-state index contributed by atoms with van der Waals surface area (Å²) in [6.07, 6.45) is -0.0765. The Kier molecular flexibility index (Phi) is 5.04. The molecule has 11 nitrogen and oxygen atoms in total. The highest BCUT2D eigenvalue weighted by atomic mass is 32.2. The molecule has 7 unspecified atom stereocenters. The SMILES string of the molecule is O=C1C2CC3CC1CC(C(=O)OC1C4CC5(C(=O)Oc6ccc7cc(S(=O)(=O)O)ccc7c6)C(=O)OC1C5O4)(C3)C2. The van der Waals surface area contributed by atoms with E-state index in [9.17, 15) is 32.1 Å². The average Bonchev–Trinajstić information content (AvgIpc) is 3.53. The van der Waals surface area contributed by atoms with Gasteiger partial charge in [-0.3, -0.25) is 23.7 Å². The summed E-state index contributed by atoms with van der Waals surface area (Å²) in [7, 11) is -4.37. The smallest absolute Gasteiger partial charge is 0.331 e. The normalized spacial score (nSPS) is 39.8. The maximum Gasteiger partial charge on any atom is 0.331 e. The highest BCUT2D eigenvalue weighted by Gasteiger charge is 2.77. The third-order valence-electron chi connectivity index (χ3n) is 10.3. The zero-order valence-corrected chi connectivity index (χ0v) is 22.5. The van der Waals surface area contributed by atoms with Gasteiger partial charge in [0.1, 0.15) is 23.7 Å². The van der Waals surface area contributed by atoms with E-state index >= 15 is 0 Å². The van der Waals surface area contributed by atoms with Crippen LogP contribution in [0.1, 0.15) is 38.5 Å². The van der Waals surface area contributed by atoms with Crippen LogP contribution in [0, 0.1) is 28.6 Å². The molecule has 0 radical (unpaired) electrons. The van der Waals surface area contributed by atoms with Crippen molar-refractivity contribution in [1.82, 2.24) is 0 Å². The minimum atomic E-state index is -4.37. The van der Waals surface area contributed by atoms with Crippen LogP contribution in [0.2, 0.25) is 0 Å². The zero-order valence-electron chi connectivity index (χ0n) is 21.7. The molecule has 3 saturated heterocycles. The summed E-state index contributed by atoms with van der Waals surface area (Å²) in [5, 5.41) is 1.05. The summed E-state index contributed by atoms with van der Waals surface area (Å²) in [5.41, 5.74) is -2.38. The van der Waals surface area contributed by atoms with Crippen LogP contribution in [-0.2, 0) is 43.5 Å². The third-order valence-corrected chi connectivity index (χ3v) is 11.1. The molecule has 3 aliphatic heterocycles. The number of ketones is 1. The lowest BCUT2D eigenvalue weighted by atomic mass is 9.49. The molecular weight excluding hydrogens is 556 g/mol. The number of carbonyl (C=O) groups is 4. The van der Waals surface area contributed by atoms with Gasteiger partial charge in [0.25, 0.3) is 10.1 Å². The second-order valence-electron chi connectivity index (χ2n) is 12.6. The molecule has 7 aliphatic rings. The topological polar surface area (TPSA) is 160 Å². The monoisotopic (exact) mass is 582 g/mol. The number of fused-ring (bicyclic) bond motifs is 2. The average molecular weight is 583 g/mol. The highest BCUT2D eigenvalue weighted by Crippen LogP contribution is 2.60. The summed E-state index contributed by atoms with van der Waals surface area (Å²) in [6, 6.07) is 8.49. The minimum Gasteiger partial charge on any atom is -0.455 e. The molecule has 2 aromatic carbocycles. The largest absolute Gasteiger partial charge is 0.455 e. The van der Waals surface area contributed by atoms with E-state index in [1.165, 1.54) is 36.4 Å². The lowest BCUT2D eigenvalue weighted by Gasteiger charge is -2.54. The molecule has 7 fully saturated rings. The van der Waals surface area contributed by atoms with Crippen molar-refractivity contribution < 1.29 is 51.1 Å². The first kappa shape index (κ1) is 25.4. The fourth-order valence-corrected chi connectivity index (χ4v) is 9.09. The Balaban J connectivity index is 0.996. The van der Waals surface area contributed by atoms with Crippen LogP contribution in [0.4, 0.5) is 0 Å². The van der Waals surface area contributed by atoms with Crippen molar-refractivity contribution in [2.75, 3.05) is 0 Å². The van der Waals surface area contributed by atoms with Crippen LogP contribution in [0.25, 0.3) is 10.8 Å². The zero-order chi connectivity index (χ0) is 28.5. The van der Waals surface area contributed by atoms with Gasteiger partial charge in [0, 0.05) is 18.3 Å². The fourth-order valence-electron chi connectivity index (χ4n) is 8.57. The Morgan fingerprint density at radius 2 is 1.63 bits per heavy atom. The van der Waals surface area contributed by atoms with Gasteiger partial charge in [0.15, 0.2) is 17.6 Å². The number of rotatable bonds is 5. The van der Waals surface area contributed by atoms with Crippen molar-refractivity contribution in [3.63, 3.8) is 0 Å². The van der Waals surface area contributed by atoms with E-state index in [2.05, 4.69) is 0 Å². The maximum absolute atomic E-state index is 13.6. The molecular formula is C29H26O11S. The number of benzene rings is 2. The number of ether oxygens (including phenoxy) is 4. The number of hydrogen-bond acceptors (Lipinski definition) is 10. The van der Waals surface area contributed by atoms with Crippen LogP contribution in [0.15, 0.2) is 41.3 Å². The summed E-state index contributed by atoms with van der Waals surface area (Å²) < 4.78 is 55.3. The Bertz CT molecular complexity index is 1660. The fraction of sp³-hybridized carbons (Fsp3) is 0.517. The molecule has 3 heterocycles. The summed E-state index contributed by atoms with van der Waals surface area (Å²) in [6.45, 7) is 0. The number of esters is 3. The Morgan fingerprint density at radius 3 is 2.37 bits per heavy atom. The van der Waals surface area contributed by atoms with Crippen molar-refractivity contribution in [2.24, 2.45) is 28.6 Å². The van der Waals surface area contributed by atoms with Gasteiger partial charge >= 0.3 is 17.9 Å². The second-order valence-corrected chi connectivity index (χ2v) is 14.0. The van der Waals surface area contributed by atoms with Crippen molar-refractivity contribution in [3.8, 4) is 5.75 Å². The van der Waals surface area contributed by atoms with E-state index in [-0.39, 0.29) is 40.7 Å². The van der Waals surface area contributed by atoms with Crippen LogP contribution in [0.5, 0.6) is 5.75 Å². The minimum absolute atomic E-state index is 0.0472. The molecule has 4 saturated carbocycles. The second kappa shape index (κ2) is 8.14. The summed E-state index contributed by atoms with van der Waals surface area (Å²) in [5.74, 6) is -1.40. The number of hydrogen-bond donors (Lipinski definition) is 1. The highest BCUT2D eigenvalue weighted by molar-refractivity contribution is 7.85. The molecule has 0 spiro atoms. The van der Waals surface area contributed by atoms with Gasteiger partial charge in [-0.1, -0.05) is 12.1 Å². The molecule has 6 bridgehead atoms. The van der Waals surface area contributed by atoms with Gasteiger partial charge in [-0.05, 0) is 73.1 Å². The quantitative estimate of drug-likeness (QED) is 0.239. The van der Waals surface area contributed by atoms with Crippen molar-refractivity contribution in [3.05, 3.63) is 36.4 Å². The molecule has 9 rings (SSSR count). The van der Waals surface area contributed by atoms with E-state index in [0.717, 1.165) is 12.8 Å². The lowest BCUT2D eigenvalue weighted by molar-refractivity contribution is -0.185. The standard InChI is InChI=1S/C29H26O11S/c30-21-16-5-13-6-17(21)11-28(9-13,10-16)25(31)39-22-20-12-29(24(38-20)23(22)40-27(29)33)26(32)37-18-3-1-15-8-19(41(34,35)36)4-2-14(15)7-18/h1-4,7-8,13,16-17,20,22-24H,5-6,9-12H2,(H,34,35,36). The Hall–Kier alpha value is -3.35. The van der Waals surface area contributed by atoms with E-state index in [0.29, 0.717) is 36.0 Å². The van der Waals surface area contributed by atoms with E-state index in [1.54, 1.807) is 0 Å². The van der Waals surface area contributed by atoms with E-state index in [1.807, 2.05) is 0 Å². The van der Waals surface area contributed by atoms with Gasteiger partial charge in [0.2, 0.25) is 0 Å². The van der Waals surface area contributed by atoms with Crippen molar-refractivity contribution in [2.45, 2.75) is 67.8 Å². The molecule has 4 aliphatic carbocycles. The first-order valence-electron chi connectivity index (χ1n) is 13.8. The molecule has 0 amide bonds. The molecule has 0 aromatic heterocycles. The first-order valence-corrected chi connectivity index (χ1v) is 15.3. The van der Waals surface area contributed by atoms with Crippen LogP contribution < -0.4 is 4.74 Å². The van der Waals surface area contributed by atoms with E-state index < -0.39 is 57.3 Å². The lowest BCUT2D eigenvalue weighted by Crippen LogP contribution is -2.56. The number of Topliss-reactive ketones (excluding diaryl/α,β-unsaturated/α-hetero) is 1. The van der Waals surface area contributed by atoms with Crippen LogP contribution in [-0.4, -0.2) is 61.1 Å². The maximum atomic E-state index is 13.6.